The molecule has 0 saturated carbocycles. The first-order valence-electron chi connectivity index (χ1n) is 1.47. The lowest BCUT2D eigenvalue weighted by atomic mass is 13.9. The van der Waals surface area contributed by atoms with E-state index >= 15 is 0 Å². The Kier molecular flexibility index (Phi) is 7.03. The predicted molar refractivity (Wildman–Crippen MR) is 37.3 cm³/mol. The molecule has 0 rings (SSSR count). The monoisotopic (exact) mass is 210 g/mol. The van der Waals surface area contributed by atoms with E-state index < -0.39 is 20.6 Å². The average Bonchev–Trinajstić information content (AvgIpc) is 1.14. The third kappa shape index (κ3) is 17.7. The van der Waals surface area contributed by atoms with Gasteiger partial charge >= 0.3 is 20.6 Å². The molecule has 0 aliphatic heterocycles. The molecule has 0 fully saturated rings. The molecule has 11 heteroatoms. The molecule has 11 heavy (non-hydrogen) atoms. The summed E-state index contributed by atoms with van der Waals surface area (Å²) in [5.74, 6) is 0. The summed E-state index contributed by atoms with van der Waals surface area (Å²) in [6, 6.07) is 0. The minimum absolute atomic E-state index is 0. The fourth-order valence-corrected chi connectivity index (χ4v) is 1.19. The van der Waals surface area contributed by atoms with Crippen molar-refractivity contribution in [1.29, 1.82) is 0 Å². The van der Waals surface area contributed by atoms with Gasteiger partial charge < -0.3 is 12.3 Å². The molecule has 0 spiro atoms. The van der Waals surface area contributed by atoms with Crippen LogP contribution in [0.25, 0.3) is 0 Å². The highest BCUT2D eigenvalue weighted by Crippen LogP contribution is 1.85. The van der Waals surface area contributed by atoms with Gasteiger partial charge in [-0.05, 0) is 0 Å². The van der Waals surface area contributed by atoms with Gasteiger partial charge in [-0.3, -0.25) is 0 Å². The quantitative estimate of drug-likeness (QED) is 0.393. The van der Waals surface area contributed by atoms with Crippen molar-refractivity contribution in [2.75, 3.05) is 0 Å². The van der Waals surface area contributed by atoms with E-state index in [9.17, 15) is 16.8 Å². The van der Waals surface area contributed by atoms with E-state index in [0.717, 1.165) is 0 Å². The van der Waals surface area contributed by atoms with Crippen molar-refractivity contribution in [1.82, 2.24) is 12.3 Å². The van der Waals surface area contributed by atoms with Gasteiger partial charge in [-0.2, -0.15) is 16.8 Å². The third-order valence-corrected chi connectivity index (χ3v) is 1.71. The number of nitrogens with two attached hydrogens (primary N) is 2. The van der Waals surface area contributed by atoms with Crippen LogP contribution in [0.4, 0.5) is 0 Å². The van der Waals surface area contributed by atoms with Crippen molar-refractivity contribution < 1.29 is 20.5 Å². The van der Waals surface area contributed by atoms with E-state index in [0.29, 0.717) is 0 Å². The second kappa shape index (κ2) is 4.55. The van der Waals surface area contributed by atoms with E-state index in [4.69, 9.17) is 0 Å². The topological polar surface area (TPSA) is 200 Å². The summed E-state index contributed by atoms with van der Waals surface area (Å²) >= 11 is 0. The Bertz CT molecular complexity index is 242. The van der Waals surface area contributed by atoms with Gasteiger partial charge in [0.15, 0.2) is 0 Å². The van der Waals surface area contributed by atoms with Gasteiger partial charge in [-0.1, -0.05) is 0 Å². The van der Waals surface area contributed by atoms with E-state index in [1.54, 1.807) is 0 Å². The standard InChI is InChI=1S/H4N2O5S2.2H3N/c1-8(3,4)7-9(2,5)6;;/h(H2,1,3,4)(H2,2,5,6);2*1H3. The van der Waals surface area contributed by atoms with Gasteiger partial charge in [0.1, 0.15) is 0 Å². The summed E-state index contributed by atoms with van der Waals surface area (Å²) in [4.78, 5) is 0. The molecule has 0 heterocycles. The molecule has 0 unspecified atom stereocenters. The minimum Gasteiger partial charge on any atom is -0.344 e. The predicted octanol–water partition coefficient (Wildman–Crippen LogP) is -2.27. The number of hydrogen-bond donors (Lipinski definition) is 4. The highest BCUT2D eigenvalue weighted by Gasteiger charge is 2.12. The van der Waals surface area contributed by atoms with Crippen LogP contribution in [0.5, 0.6) is 0 Å². The Morgan fingerprint density at radius 1 is 0.818 bits per heavy atom. The molecular formula is H10N4O5S2. The van der Waals surface area contributed by atoms with Gasteiger partial charge in [-0.15, -0.1) is 3.63 Å². The van der Waals surface area contributed by atoms with Crippen LogP contribution in [0.1, 0.15) is 0 Å². The molecule has 72 valence electrons. The fraction of sp³-hybridized carbons (Fsp3) is 0. The smallest absolute Gasteiger partial charge is 0.344 e. The largest absolute Gasteiger partial charge is 0.348 e. The van der Waals surface area contributed by atoms with Gasteiger partial charge in [0.25, 0.3) is 0 Å². The maximum atomic E-state index is 9.74. The van der Waals surface area contributed by atoms with Crippen molar-refractivity contribution in [2.45, 2.75) is 0 Å². The van der Waals surface area contributed by atoms with Gasteiger partial charge in [0.05, 0.1) is 0 Å². The van der Waals surface area contributed by atoms with Crippen LogP contribution in [0.2, 0.25) is 0 Å². The van der Waals surface area contributed by atoms with Gasteiger partial charge in [-0.25, -0.2) is 10.3 Å². The summed E-state index contributed by atoms with van der Waals surface area (Å²) < 4.78 is 42.1. The molecule has 10 N–H and O–H groups in total. The summed E-state index contributed by atoms with van der Waals surface area (Å²) in [6.45, 7) is 0. The second-order valence-electron chi connectivity index (χ2n) is 1.05. The van der Waals surface area contributed by atoms with Gasteiger partial charge in [0.2, 0.25) is 0 Å². The molecule has 0 radical (unpaired) electrons. The molecule has 0 aromatic heterocycles. The highest BCUT2D eigenvalue weighted by molar-refractivity contribution is 7.97. The number of hydrogen-bond acceptors (Lipinski definition) is 7. The van der Waals surface area contributed by atoms with Crippen LogP contribution < -0.4 is 22.6 Å². The Morgan fingerprint density at radius 3 is 1.00 bits per heavy atom. The van der Waals surface area contributed by atoms with Crippen LogP contribution in [-0.4, -0.2) is 16.8 Å². The van der Waals surface area contributed by atoms with Crippen LogP contribution in [-0.2, 0) is 24.2 Å². The fourth-order valence-electron chi connectivity index (χ4n) is 0.132. The lowest BCUT2D eigenvalue weighted by Crippen LogP contribution is -2.25. The van der Waals surface area contributed by atoms with Crippen molar-refractivity contribution in [3.8, 4) is 0 Å². The van der Waals surface area contributed by atoms with Crippen molar-refractivity contribution in [3.05, 3.63) is 0 Å². The Labute approximate surface area is 64.4 Å². The Morgan fingerprint density at radius 2 is 1.00 bits per heavy atom. The van der Waals surface area contributed by atoms with Crippen molar-refractivity contribution in [2.24, 2.45) is 10.3 Å². The van der Waals surface area contributed by atoms with Crippen LogP contribution in [0, 0.1) is 0 Å². The van der Waals surface area contributed by atoms with Crippen LogP contribution in [0.3, 0.4) is 0 Å². The highest BCUT2D eigenvalue weighted by atomic mass is 32.3. The molecule has 0 aromatic rings. The van der Waals surface area contributed by atoms with E-state index in [-0.39, 0.29) is 12.3 Å². The molecule has 0 amide bonds. The number of rotatable bonds is 2. The molecule has 0 saturated heterocycles. The maximum absolute atomic E-state index is 9.74. The third-order valence-electron chi connectivity index (χ3n) is 0.190. The SMILES string of the molecule is N.N.NS(=O)(=O)OS(N)(=O)=O. The molecule has 0 aliphatic carbocycles. The van der Waals surface area contributed by atoms with E-state index in [1.165, 1.54) is 0 Å². The zero-order valence-corrected chi connectivity index (χ0v) is 7.06. The normalized spacial score (nSPS) is 11.1. The lowest BCUT2D eigenvalue weighted by Gasteiger charge is -1.92. The Hall–Kier alpha value is -0.300. The molecule has 0 aromatic carbocycles. The zero-order chi connectivity index (χ0) is 7.71. The molecule has 0 bridgehead atoms. The summed E-state index contributed by atoms with van der Waals surface area (Å²) in [7, 11) is -8.99. The lowest BCUT2D eigenvalue weighted by molar-refractivity contribution is 0.464. The van der Waals surface area contributed by atoms with Gasteiger partial charge in [0, 0.05) is 0 Å². The summed E-state index contributed by atoms with van der Waals surface area (Å²) in [6.07, 6.45) is 0. The van der Waals surface area contributed by atoms with Crippen molar-refractivity contribution >= 4 is 20.6 Å². The summed E-state index contributed by atoms with van der Waals surface area (Å²) in [5, 5.41) is 8.22. The first-order chi connectivity index (χ1) is 3.71. The molecular weight excluding hydrogens is 200 g/mol. The average molecular weight is 210 g/mol. The first kappa shape index (κ1) is 17.0. The van der Waals surface area contributed by atoms with E-state index in [1.807, 2.05) is 0 Å². The zero-order valence-electron chi connectivity index (χ0n) is 5.43. The second-order valence-corrected chi connectivity index (χ2v) is 3.57. The van der Waals surface area contributed by atoms with Crippen LogP contribution in [0.15, 0.2) is 0 Å². The minimum atomic E-state index is -4.49. The Balaban J connectivity index is -0.000000320. The molecule has 0 atom stereocenters. The first-order valence-corrected chi connectivity index (χ1v) is 4.41. The van der Waals surface area contributed by atoms with Crippen LogP contribution >= 0.6 is 0 Å². The maximum Gasteiger partial charge on any atom is 0.348 e. The summed E-state index contributed by atoms with van der Waals surface area (Å²) in [5.41, 5.74) is 0. The van der Waals surface area contributed by atoms with E-state index in [2.05, 4.69) is 13.9 Å². The van der Waals surface area contributed by atoms with Crippen molar-refractivity contribution in [3.63, 3.8) is 0 Å². The molecule has 9 nitrogen and oxygen atoms in total. The molecule has 0 aliphatic rings.